The van der Waals surface area contributed by atoms with E-state index in [1.807, 2.05) is 92.5 Å². The largest absolute Gasteiger partial charge is 0.506 e. The minimum absolute atomic E-state index is 0.298. The van der Waals surface area contributed by atoms with E-state index in [1.54, 1.807) is 22.5 Å². The highest BCUT2D eigenvalue weighted by Crippen LogP contribution is 2.38. The van der Waals surface area contributed by atoms with Crippen molar-refractivity contribution in [2.45, 2.75) is 113 Å². The molecule has 16 heteroatoms. The Balaban J connectivity index is 0.000000303. The number of hydrogen-bond donors (Lipinski definition) is 1. The summed E-state index contributed by atoms with van der Waals surface area (Å²) in [5.74, 6) is -0.513. The maximum absolute atomic E-state index is 13.2. The van der Waals surface area contributed by atoms with Crippen molar-refractivity contribution in [2.75, 3.05) is 52.9 Å². The number of ether oxygens (including phenoxy) is 4. The predicted molar refractivity (Wildman–Crippen MR) is 230 cm³/mol. The highest BCUT2D eigenvalue weighted by atomic mass is 16.7. The number of rotatable bonds is 8. The standard InChI is InChI=1S/C27H28N4O7.C16H29NO4.C2H6/c1-3-18-19-13-17(38-26(34)30-8-6-29(7-9-30)10-11-32)4-5-22(19)28-24-20(18)14-31-23(24)12-16(2)21(25(31)33)15-37-27(35)36;1-14(2,3)20-12(18)16(8-10-17(7)11-9-16)13(19)21-15(4,5)6;1-2/h4-5,11-13H,3,6-10,14-15H2,1-2H3,(H,35,36);8-11H2,1-7H3;1-2H3. The zero-order valence-corrected chi connectivity index (χ0v) is 37.6. The lowest BCUT2D eigenvalue weighted by Crippen LogP contribution is -2.52. The minimum atomic E-state index is -1.43. The maximum atomic E-state index is 13.2. The lowest BCUT2D eigenvalue weighted by molar-refractivity contribution is -0.189. The summed E-state index contributed by atoms with van der Waals surface area (Å²) in [6.45, 7) is 22.6. The number of pyridine rings is 2. The van der Waals surface area contributed by atoms with Gasteiger partial charge in [0.1, 0.15) is 29.8 Å². The van der Waals surface area contributed by atoms with Gasteiger partial charge >= 0.3 is 24.2 Å². The van der Waals surface area contributed by atoms with Gasteiger partial charge in [0, 0.05) is 37.1 Å². The molecular formula is C45H63N5O11. The number of piperazine rings is 1. The lowest BCUT2D eigenvalue weighted by Gasteiger charge is -2.39. The first kappa shape index (κ1) is 48.3. The van der Waals surface area contributed by atoms with Crippen molar-refractivity contribution >= 4 is 41.4 Å². The number of esters is 2. The fraction of sp³-hybridized carbons (Fsp3) is 0.578. The first-order valence-corrected chi connectivity index (χ1v) is 21.0. The maximum Gasteiger partial charge on any atom is 0.506 e. The third-order valence-corrected chi connectivity index (χ3v) is 10.6. The van der Waals surface area contributed by atoms with E-state index >= 15 is 0 Å². The molecule has 1 amide bonds. The van der Waals surface area contributed by atoms with Crippen LogP contribution in [-0.2, 0) is 48.2 Å². The van der Waals surface area contributed by atoms with E-state index in [2.05, 4.69) is 9.64 Å². The second kappa shape index (κ2) is 20.0. The quantitative estimate of drug-likeness (QED) is 0.0912. The number of carbonyl (C=O) groups is 5. The van der Waals surface area contributed by atoms with Crippen LogP contribution < -0.4 is 10.3 Å². The molecule has 0 spiro atoms. The Kier molecular flexibility index (Phi) is 15.9. The lowest BCUT2D eigenvalue weighted by atomic mass is 9.78. The normalized spacial score (nSPS) is 16.1. The molecule has 0 bridgehead atoms. The van der Waals surface area contributed by atoms with E-state index in [0.29, 0.717) is 94.2 Å². The van der Waals surface area contributed by atoms with Gasteiger partial charge in [-0.25, -0.2) is 14.6 Å². The summed E-state index contributed by atoms with van der Waals surface area (Å²) in [5, 5.41) is 9.71. The number of aromatic nitrogens is 2. The van der Waals surface area contributed by atoms with E-state index in [9.17, 15) is 28.8 Å². The molecule has 0 saturated carbocycles. The summed E-state index contributed by atoms with van der Waals surface area (Å²) in [4.78, 5) is 83.4. The predicted octanol–water partition coefficient (Wildman–Crippen LogP) is 6.21. The summed E-state index contributed by atoms with van der Waals surface area (Å²) in [6, 6.07) is 7.17. The average molecular weight is 850 g/mol. The van der Waals surface area contributed by atoms with Crippen molar-refractivity contribution < 1.29 is 48.0 Å². The van der Waals surface area contributed by atoms with Crippen LogP contribution in [0.4, 0.5) is 9.59 Å². The Labute approximate surface area is 358 Å². The molecule has 1 aromatic carbocycles. The molecule has 2 aromatic heterocycles. The number of aryl methyl sites for hydroxylation is 2. The van der Waals surface area contributed by atoms with Gasteiger partial charge in [0.05, 0.1) is 35.6 Å². The topological polar surface area (TPSA) is 187 Å². The van der Waals surface area contributed by atoms with Gasteiger partial charge in [-0.1, -0.05) is 20.8 Å². The van der Waals surface area contributed by atoms with Crippen LogP contribution in [0.5, 0.6) is 5.75 Å². The number of carbonyl (C=O) groups excluding carboxylic acids is 4. The summed E-state index contributed by atoms with van der Waals surface area (Å²) in [7, 11) is 1.98. The van der Waals surface area contributed by atoms with Gasteiger partial charge in [-0.3, -0.25) is 19.3 Å². The van der Waals surface area contributed by atoms with E-state index in [-0.39, 0.29) is 12.2 Å². The number of nitrogens with zero attached hydrogens (tertiary/aromatic N) is 5. The van der Waals surface area contributed by atoms with Gasteiger partial charge in [-0.05, 0) is 123 Å². The molecule has 0 atom stereocenters. The molecule has 3 aliphatic rings. The van der Waals surface area contributed by atoms with Gasteiger partial charge in [0.15, 0.2) is 5.41 Å². The van der Waals surface area contributed by atoms with Crippen molar-refractivity contribution in [2.24, 2.45) is 5.41 Å². The number of fused-ring (bicyclic) bond motifs is 4. The summed E-state index contributed by atoms with van der Waals surface area (Å²) >= 11 is 0. The molecule has 16 nitrogen and oxygen atoms in total. The summed E-state index contributed by atoms with van der Waals surface area (Å²) in [5.41, 5.74) is 2.29. The van der Waals surface area contributed by atoms with Gasteiger partial charge in [0.2, 0.25) is 0 Å². The van der Waals surface area contributed by atoms with E-state index in [1.165, 1.54) is 0 Å². The molecule has 2 fully saturated rings. The Morgan fingerprint density at radius 2 is 1.48 bits per heavy atom. The van der Waals surface area contributed by atoms with Crippen LogP contribution in [0.15, 0.2) is 29.1 Å². The third-order valence-electron chi connectivity index (χ3n) is 10.6. The van der Waals surface area contributed by atoms with Crippen LogP contribution >= 0.6 is 0 Å². The fourth-order valence-electron chi connectivity index (χ4n) is 7.46. The van der Waals surface area contributed by atoms with E-state index in [4.69, 9.17) is 24.3 Å². The first-order valence-electron chi connectivity index (χ1n) is 21.0. The molecule has 1 N–H and O–H groups in total. The molecule has 334 valence electrons. The van der Waals surface area contributed by atoms with Crippen LogP contribution in [-0.4, -0.2) is 124 Å². The van der Waals surface area contributed by atoms with Crippen LogP contribution in [0.2, 0.25) is 0 Å². The highest BCUT2D eigenvalue weighted by Gasteiger charge is 2.52. The molecule has 2 saturated heterocycles. The minimum Gasteiger partial charge on any atom is -0.459 e. The smallest absolute Gasteiger partial charge is 0.459 e. The number of benzene rings is 1. The molecule has 3 aliphatic heterocycles. The van der Waals surface area contributed by atoms with Gasteiger partial charge in [-0.15, -0.1) is 0 Å². The molecule has 0 radical (unpaired) electrons. The Morgan fingerprint density at radius 1 is 0.885 bits per heavy atom. The molecule has 3 aromatic rings. The van der Waals surface area contributed by atoms with Crippen molar-refractivity contribution in [3.8, 4) is 17.1 Å². The van der Waals surface area contributed by atoms with Crippen molar-refractivity contribution in [3.63, 3.8) is 0 Å². The van der Waals surface area contributed by atoms with Crippen molar-refractivity contribution in [1.29, 1.82) is 0 Å². The van der Waals surface area contributed by atoms with Crippen LogP contribution in [0.3, 0.4) is 0 Å². The molecular weight excluding hydrogens is 787 g/mol. The second-order valence-electron chi connectivity index (χ2n) is 17.3. The van der Waals surface area contributed by atoms with Crippen molar-refractivity contribution in [1.82, 2.24) is 24.3 Å². The Hall–Kier alpha value is -5.35. The zero-order chi connectivity index (χ0) is 45.4. The number of carboxylic acid groups (broad SMARTS) is 1. The fourth-order valence-corrected chi connectivity index (χ4v) is 7.46. The summed E-state index contributed by atoms with van der Waals surface area (Å²) in [6.07, 6.45) is 0.542. The zero-order valence-electron chi connectivity index (χ0n) is 37.6. The number of piperidine rings is 1. The summed E-state index contributed by atoms with van der Waals surface area (Å²) < 4.78 is 22.9. The Morgan fingerprint density at radius 3 is 2.00 bits per heavy atom. The van der Waals surface area contributed by atoms with E-state index < -0.39 is 40.8 Å². The number of aldehydes is 1. The van der Waals surface area contributed by atoms with Gasteiger partial charge < -0.3 is 43.2 Å². The molecule has 5 heterocycles. The van der Waals surface area contributed by atoms with Crippen LogP contribution in [0, 0.1) is 12.3 Å². The van der Waals surface area contributed by atoms with E-state index in [0.717, 1.165) is 34.0 Å². The number of amides is 1. The third kappa shape index (κ3) is 11.7. The molecule has 0 aliphatic carbocycles. The van der Waals surface area contributed by atoms with Gasteiger partial charge in [-0.2, -0.15) is 0 Å². The number of likely N-dealkylation sites (tertiary alicyclic amines) is 1. The van der Waals surface area contributed by atoms with Gasteiger partial charge in [0.25, 0.3) is 5.56 Å². The molecule has 0 unspecified atom stereocenters. The van der Waals surface area contributed by atoms with Crippen molar-refractivity contribution in [3.05, 3.63) is 56.9 Å². The first-order chi connectivity index (χ1) is 28.7. The number of hydrogen-bond acceptors (Lipinski definition) is 13. The monoisotopic (exact) mass is 849 g/mol. The SMILES string of the molecule is CC.CCc1c2c(nc3ccc(OC(=O)N4CCN(CC=O)CC4)cc13)-c1cc(C)c(COC(=O)O)c(=O)n1C2.CN1CCC(C(=O)OC(C)(C)C)(C(=O)OC(C)(C)C)CC1. The van der Waals surface area contributed by atoms with Crippen LogP contribution in [0.1, 0.15) is 97.4 Å². The highest BCUT2D eigenvalue weighted by molar-refractivity contribution is 6.00. The molecule has 61 heavy (non-hydrogen) atoms. The average Bonchev–Trinajstić information content (AvgIpc) is 3.55. The Bertz CT molecular complexity index is 2120. The molecule has 6 rings (SSSR count). The van der Waals surface area contributed by atoms with Crippen LogP contribution in [0.25, 0.3) is 22.3 Å². The second-order valence-corrected chi connectivity index (χ2v) is 17.3.